The molecule has 0 saturated carbocycles. The van der Waals surface area contributed by atoms with Crippen molar-refractivity contribution in [3.05, 3.63) is 63.9 Å². The standard InChI is InChI=1S/C16H13BrFNO/c17-13-5-6-15-12(9-13)4-7-16(20)19(15)10-11-2-1-3-14(18)8-11/h1-3,5-6,8-9H,4,7,10H2. The average Bonchev–Trinajstić information content (AvgIpc) is 2.42. The topological polar surface area (TPSA) is 20.3 Å². The highest BCUT2D eigenvalue weighted by Gasteiger charge is 2.24. The van der Waals surface area contributed by atoms with Crippen LogP contribution in [0.3, 0.4) is 0 Å². The van der Waals surface area contributed by atoms with Crippen molar-refractivity contribution < 1.29 is 9.18 Å². The number of halogens is 2. The summed E-state index contributed by atoms with van der Waals surface area (Å²) in [7, 11) is 0. The zero-order valence-corrected chi connectivity index (χ0v) is 12.4. The fourth-order valence-corrected chi connectivity index (χ4v) is 2.93. The smallest absolute Gasteiger partial charge is 0.227 e. The third-order valence-corrected chi connectivity index (χ3v) is 3.96. The summed E-state index contributed by atoms with van der Waals surface area (Å²) in [6, 6.07) is 12.3. The Morgan fingerprint density at radius 2 is 2.00 bits per heavy atom. The summed E-state index contributed by atoms with van der Waals surface area (Å²) in [5.74, 6) is -0.188. The lowest BCUT2D eigenvalue weighted by molar-refractivity contribution is -0.119. The number of amides is 1. The number of rotatable bonds is 2. The van der Waals surface area contributed by atoms with E-state index in [1.807, 2.05) is 24.3 Å². The largest absolute Gasteiger partial charge is 0.308 e. The average molecular weight is 334 g/mol. The molecule has 0 radical (unpaired) electrons. The number of benzene rings is 2. The van der Waals surface area contributed by atoms with Gasteiger partial charge in [0, 0.05) is 16.6 Å². The number of hydrogen-bond donors (Lipinski definition) is 0. The molecule has 102 valence electrons. The van der Waals surface area contributed by atoms with E-state index in [-0.39, 0.29) is 11.7 Å². The highest BCUT2D eigenvalue weighted by atomic mass is 79.9. The summed E-state index contributed by atoms with van der Waals surface area (Å²) in [6.07, 6.45) is 1.26. The minimum atomic E-state index is -0.275. The maximum atomic E-state index is 13.3. The molecule has 1 heterocycles. The summed E-state index contributed by atoms with van der Waals surface area (Å²) in [5.41, 5.74) is 2.87. The lowest BCUT2D eigenvalue weighted by atomic mass is 10.0. The van der Waals surface area contributed by atoms with E-state index in [1.54, 1.807) is 11.0 Å². The third kappa shape index (κ3) is 2.61. The van der Waals surface area contributed by atoms with Gasteiger partial charge in [-0.05, 0) is 47.9 Å². The molecule has 4 heteroatoms. The van der Waals surface area contributed by atoms with Crippen LogP contribution in [0.2, 0.25) is 0 Å². The molecular formula is C16H13BrFNO. The van der Waals surface area contributed by atoms with Crippen LogP contribution in [0.5, 0.6) is 0 Å². The van der Waals surface area contributed by atoms with Crippen molar-refractivity contribution in [1.82, 2.24) is 0 Å². The number of carbonyl (C=O) groups is 1. The van der Waals surface area contributed by atoms with Gasteiger partial charge in [-0.2, -0.15) is 0 Å². The number of carbonyl (C=O) groups excluding carboxylic acids is 1. The van der Waals surface area contributed by atoms with Crippen molar-refractivity contribution in [3.8, 4) is 0 Å². The SMILES string of the molecule is O=C1CCc2cc(Br)ccc2N1Cc1cccc(F)c1. The van der Waals surface area contributed by atoms with Gasteiger partial charge < -0.3 is 4.90 Å². The molecule has 0 saturated heterocycles. The second kappa shape index (κ2) is 5.37. The van der Waals surface area contributed by atoms with Crippen LogP contribution < -0.4 is 4.90 Å². The van der Waals surface area contributed by atoms with Crippen LogP contribution >= 0.6 is 15.9 Å². The van der Waals surface area contributed by atoms with Gasteiger partial charge in [-0.25, -0.2) is 4.39 Å². The summed E-state index contributed by atoms with van der Waals surface area (Å²) in [4.78, 5) is 13.9. The van der Waals surface area contributed by atoms with Crippen LogP contribution in [-0.2, 0) is 17.8 Å². The first-order chi connectivity index (χ1) is 9.63. The van der Waals surface area contributed by atoms with E-state index in [0.29, 0.717) is 13.0 Å². The van der Waals surface area contributed by atoms with Gasteiger partial charge in [-0.15, -0.1) is 0 Å². The first-order valence-electron chi connectivity index (χ1n) is 6.47. The van der Waals surface area contributed by atoms with E-state index in [4.69, 9.17) is 0 Å². The summed E-state index contributed by atoms with van der Waals surface area (Å²) >= 11 is 3.45. The molecule has 0 N–H and O–H groups in total. The molecule has 0 atom stereocenters. The van der Waals surface area contributed by atoms with Gasteiger partial charge in [-0.3, -0.25) is 4.79 Å². The molecule has 1 aliphatic rings. The molecule has 2 nitrogen and oxygen atoms in total. The van der Waals surface area contributed by atoms with Gasteiger partial charge in [0.2, 0.25) is 5.91 Å². The van der Waals surface area contributed by atoms with Crippen LogP contribution in [0.1, 0.15) is 17.5 Å². The van der Waals surface area contributed by atoms with Crippen molar-refractivity contribution >= 4 is 27.5 Å². The highest BCUT2D eigenvalue weighted by Crippen LogP contribution is 2.31. The number of nitrogens with zero attached hydrogens (tertiary/aromatic N) is 1. The van der Waals surface area contributed by atoms with E-state index in [9.17, 15) is 9.18 Å². The Labute approximate surface area is 125 Å². The van der Waals surface area contributed by atoms with Crippen molar-refractivity contribution in [1.29, 1.82) is 0 Å². The van der Waals surface area contributed by atoms with Crippen molar-refractivity contribution in [2.24, 2.45) is 0 Å². The summed E-state index contributed by atoms with van der Waals surface area (Å²) in [6.45, 7) is 0.408. The van der Waals surface area contributed by atoms with E-state index in [1.165, 1.54) is 12.1 Å². The molecule has 3 rings (SSSR count). The van der Waals surface area contributed by atoms with Crippen molar-refractivity contribution in [3.63, 3.8) is 0 Å². The lowest BCUT2D eigenvalue weighted by Gasteiger charge is -2.29. The second-order valence-electron chi connectivity index (χ2n) is 4.88. The Kier molecular flexibility index (Phi) is 3.57. The summed E-state index contributed by atoms with van der Waals surface area (Å²) in [5, 5.41) is 0. The third-order valence-electron chi connectivity index (χ3n) is 3.47. The Bertz CT molecular complexity index is 671. The second-order valence-corrected chi connectivity index (χ2v) is 5.80. The number of aryl methyl sites for hydroxylation is 1. The fourth-order valence-electron chi connectivity index (χ4n) is 2.52. The fraction of sp³-hybridized carbons (Fsp3) is 0.188. The quantitative estimate of drug-likeness (QED) is 0.811. The molecule has 1 amide bonds. The van der Waals surface area contributed by atoms with Crippen LogP contribution in [0, 0.1) is 5.82 Å². The predicted molar refractivity (Wildman–Crippen MR) is 80.1 cm³/mol. The lowest BCUT2D eigenvalue weighted by Crippen LogP contribution is -2.34. The highest BCUT2D eigenvalue weighted by molar-refractivity contribution is 9.10. The van der Waals surface area contributed by atoms with Crippen LogP contribution in [-0.4, -0.2) is 5.91 Å². The minimum Gasteiger partial charge on any atom is -0.308 e. The molecule has 0 aliphatic carbocycles. The van der Waals surface area contributed by atoms with Crippen LogP contribution in [0.4, 0.5) is 10.1 Å². The van der Waals surface area contributed by atoms with Crippen LogP contribution in [0.25, 0.3) is 0 Å². The first kappa shape index (κ1) is 13.3. The van der Waals surface area contributed by atoms with Gasteiger partial charge in [-0.1, -0.05) is 28.1 Å². The molecule has 0 aromatic heterocycles. The Morgan fingerprint density at radius 1 is 1.15 bits per heavy atom. The van der Waals surface area contributed by atoms with Gasteiger partial charge >= 0.3 is 0 Å². The van der Waals surface area contributed by atoms with E-state index in [0.717, 1.165) is 27.7 Å². The normalized spacial score (nSPS) is 14.3. The Balaban J connectivity index is 1.95. The van der Waals surface area contributed by atoms with Crippen molar-refractivity contribution in [2.45, 2.75) is 19.4 Å². The molecule has 0 bridgehead atoms. The molecule has 0 spiro atoms. The molecule has 0 unspecified atom stereocenters. The Hall–Kier alpha value is -1.68. The van der Waals surface area contributed by atoms with E-state index >= 15 is 0 Å². The monoisotopic (exact) mass is 333 g/mol. The molecule has 0 fully saturated rings. The Morgan fingerprint density at radius 3 is 2.80 bits per heavy atom. The molecule has 20 heavy (non-hydrogen) atoms. The summed E-state index contributed by atoms with van der Waals surface area (Å²) < 4.78 is 14.3. The zero-order chi connectivity index (χ0) is 14.1. The van der Waals surface area contributed by atoms with Gasteiger partial charge in [0.1, 0.15) is 5.82 Å². The number of anilines is 1. The first-order valence-corrected chi connectivity index (χ1v) is 7.26. The van der Waals surface area contributed by atoms with Crippen molar-refractivity contribution in [2.75, 3.05) is 4.90 Å². The number of fused-ring (bicyclic) bond motifs is 1. The predicted octanol–water partition coefficient (Wildman–Crippen LogP) is 4.07. The van der Waals surface area contributed by atoms with Crippen LogP contribution in [0.15, 0.2) is 46.9 Å². The molecule has 2 aromatic rings. The molecule has 1 aliphatic heterocycles. The maximum absolute atomic E-state index is 13.3. The number of hydrogen-bond acceptors (Lipinski definition) is 1. The van der Waals surface area contributed by atoms with Gasteiger partial charge in [0.25, 0.3) is 0 Å². The molecular weight excluding hydrogens is 321 g/mol. The van der Waals surface area contributed by atoms with E-state index in [2.05, 4.69) is 15.9 Å². The molecule has 2 aromatic carbocycles. The maximum Gasteiger partial charge on any atom is 0.227 e. The van der Waals surface area contributed by atoms with Gasteiger partial charge in [0.15, 0.2) is 0 Å². The minimum absolute atomic E-state index is 0.0871. The van der Waals surface area contributed by atoms with Gasteiger partial charge in [0.05, 0.1) is 6.54 Å². The zero-order valence-electron chi connectivity index (χ0n) is 10.8. The van der Waals surface area contributed by atoms with E-state index < -0.39 is 0 Å².